The van der Waals surface area contributed by atoms with Crippen LogP contribution >= 0.6 is 0 Å². The molecule has 2 aromatic rings. The second kappa shape index (κ2) is 7.06. The van der Waals surface area contributed by atoms with Crippen LogP contribution in [0.5, 0.6) is 5.75 Å². The zero-order valence-electron chi connectivity index (χ0n) is 14.0. The third-order valence-electron chi connectivity index (χ3n) is 3.83. The minimum atomic E-state index is 0.223. The molecule has 124 valence electrons. The number of pyridine rings is 1. The first kappa shape index (κ1) is 15.9. The van der Waals surface area contributed by atoms with Crippen molar-refractivity contribution in [3.8, 4) is 5.75 Å². The van der Waals surface area contributed by atoms with Crippen LogP contribution in [0.25, 0.3) is 0 Å². The molecule has 0 radical (unpaired) electrons. The van der Waals surface area contributed by atoms with Gasteiger partial charge in [0.05, 0.1) is 17.6 Å². The van der Waals surface area contributed by atoms with Crippen LogP contribution in [-0.2, 0) is 20.1 Å². The molecule has 0 bridgehead atoms. The highest BCUT2D eigenvalue weighted by molar-refractivity contribution is 5.23. The van der Waals surface area contributed by atoms with Crippen LogP contribution in [0.3, 0.4) is 0 Å². The molecule has 0 amide bonds. The lowest BCUT2D eigenvalue weighted by Crippen LogP contribution is -2.24. The Bertz CT molecular complexity index is 641. The average molecular weight is 316 g/mol. The molecule has 7 heteroatoms. The van der Waals surface area contributed by atoms with Gasteiger partial charge in [-0.1, -0.05) is 0 Å². The molecular weight excluding hydrogens is 292 g/mol. The molecule has 1 aliphatic heterocycles. The molecule has 1 fully saturated rings. The Morgan fingerprint density at radius 3 is 2.96 bits per heavy atom. The Labute approximate surface area is 136 Å². The van der Waals surface area contributed by atoms with Crippen molar-refractivity contribution in [1.82, 2.24) is 29.8 Å². The van der Waals surface area contributed by atoms with E-state index < -0.39 is 0 Å². The summed E-state index contributed by atoms with van der Waals surface area (Å²) in [7, 11) is 5.92. The largest absolute Gasteiger partial charge is 0.489 e. The maximum atomic E-state index is 6.13. The predicted molar refractivity (Wildman–Crippen MR) is 86.9 cm³/mol. The zero-order valence-corrected chi connectivity index (χ0v) is 14.0. The van der Waals surface area contributed by atoms with Crippen LogP contribution in [0, 0.1) is 0 Å². The number of aromatic nitrogens is 4. The molecule has 7 nitrogen and oxygen atoms in total. The van der Waals surface area contributed by atoms with E-state index in [2.05, 4.69) is 25.0 Å². The van der Waals surface area contributed by atoms with Crippen LogP contribution in [0.1, 0.15) is 17.8 Å². The van der Waals surface area contributed by atoms with E-state index >= 15 is 0 Å². The number of nitrogens with zero attached hydrogens (tertiary/aromatic N) is 6. The normalized spacial score (nSPS) is 18.7. The van der Waals surface area contributed by atoms with Crippen molar-refractivity contribution in [3.05, 3.63) is 35.9 Å². The smallest absolute Gasteiger partial charge is 0.123 e. The van der Waals surface area contributed by atoms with Gasteiger partial charge in [0, 0.05) is 45.5 Å². The third-order valence-corrected chi connectivity index (χ3v) is 3.83. The summed E-state index contributed by atoms with van der Waals surface area (Å²) in [4.78, 5) is 10.4. The van der Waals surface area contributed by atoms with Crippen LogP contribution in [0.2, 0.25) is 0 Å². The summed E-state index contributed by atoms with van der Waals surface area (Å²) < 4.78 is 6.13. The van der Waals surface area contributed by atoms with Gasteiger partial charge >= 0.3 is 0 Å². The quantitative estimate of drug-likeness (QED) is 0.790. The van der Waals surface area contributed by atoms with Gasteiger partial charge in [-0.2, -0.15) is 15.0 Å². The van der Waals surface area contributed by atoms with Crippen molar-refractivity contribution < 1.29 is 4.74 Å². The molecular formula is C16H24N6O. The van der Waals surface area contributed by atoms with Crippen LogP contribution in [0.15, 0.2) is 24.5 Å². The fourth-order valence-corrected chi connectivity index (χ4v) is 2.86. The van der Waals surface area contributed by atoms with Crippen molar-refractivity contribution in [2.45, 2.75) is 25.6 Å². The average Bonchev–Trinajstić information content (AvgIpc) is 3.08. The van der Waals surface area contributed by atoms with E-state index in [-0.39, 0.29) is 6.10 Å². The van der Waals surface area contributed by atoms with E-state index in [9.17, 15) is 0 Å². The molecule has 1 atom stereocenters. The number of ether oxygens (including phenoxy) is 1. The Morgan fingerprint density at radius 1 is 1.35 bits per heavy atom. The Balaban J connectivity index is 1.53. The third kappa shape index (κ3) is 4.49. The molecule has 0 aliphatic carbocycles. The summed E-state index contributed by atoms with van der Waals surface area (Å²) in [6.07, 6.45) is 4.90. The Kier molecular flexibility index (Phi) is 4.88. The maximum Gasteiger partial charge on any atom is 0.123 e. The van der Waals surface area contributed by atoms with Gasteiger partial charge in [0.25, 0.3) is 0 Å². The predicted octanol–water partition coefficient (Wildman–Crippen LogP) is 0.925. The summed E-state index contributed by atoms with van der Waals surface area (Å²) in [5.41, 5.74) is 2.03. The lowest BCUT2D eigenvalue weighted by Gasteiger charge is -2.16. The molecule has 1 aliphatic rings. The lowest BCUT2D eigenvalue weighted by atomic mass is 10.3. The van der Waals surface area contributed by atoms with E-state index in [0.29, 0.717) is 0 Å². The van der Waals surface area contributed by atoms with Gasteiger partial charge in [-0.05, 0) is 26.6 Å². The molecule has 0 spiro atoms. The number of aryl methyl sites for hydroxylation is 1. The maximum absolute atomic E-state index is 6.13. The highest BCUT2D eigenvalue weighted by Crippen LogP contribution is 2.20. The highest BCUT2D eigenvalue weighted by atomic mass is 16.5. The molecule has 0 N–H and O–H groups in total. The van der Waals surface area contributed by atoms with Gasteiger partial charge in [-0.25, -0.2) is 0 Å². The summed E-state index contributed by atoms with van der Waals surface area (Å²) in [5.74, 6) is 0.906. The summed E-state index contributed by atoms with van der Waals surface area (Å²) >= 11 is 0. The SMILES string of the molecule is CN(C)Cc1cc(OC2CCN(Cc3cnn(C)n3)C2)ccn1. The van der Waals surface area contributed by atoms with E-state index in [1.165, 1.54) is 0 Å². The molecule has 0 aromatic carbocycles. The van der Waals surface area contributed by atoms with Crippen molar-refractivity contribution in [2.75, 3.05) is 27.2 Å². The molecule has 1 saturated heterocycles. The molecule has 3 rings (SSSR count). The molecule has 23 heavy (non-hydrogen) atoms. The summed E-state index contributed by atoms with van der Waals surface area (Å²) in [6, 6.07) is 3.97. The number of hydrogen-bond acceptors (Lipinski definition) is 6. The molecule has 3 heterocycles. The summed E-state index contributed by atoms with van der Waals surface area (Å²) in [5, 5.41) is 8.45. The zero-order chi connectivity index (χ0) is 16.2. The minimum absolute atomic E-state index is 0.223. The van der Waals surface area contributed by atoms with Gasteiger partial charge in [0.2, 0.25) is 0 Å². The van der Waals surface area contributed by atoms with Gasteiger partial charge in [0.15, 0.2) is 0 Å². The van der Waals surface area contributed by atoms with Crippen LogP contribution in [0.4, 0.5) is 0 Å². The molecule has 0 saturated carbocycles. The van der Waals surface area contributed by atoms with E-state index in [1.807, 2.05) is 45.7 Å². The number of rotatable bonds is 6. The van der Waals surface area contributed by atoms with Crippen molar-refractivity contribution >= 4 is 0 Å². The first-order chi connectivity index (χ1) is 11.1. The second-order valence-corrected chi connectivity index (χ2v) is 6.31. The standard InChI is InChI=1S/C16H24N6O/c1-20(2)10-13-8-15(4-6-17-13)23-16-5-7-22(12-16)11-14-9-18-21(3)19-14/h4,6,8-9,16H,5,7,10-12H2,1-3H3. The Hall–Kier alpha value is -1.99. The van der Waals surface area contributed by atoms with E-state index in [4.69, 9.17) is 4.74 Å². The fraction of sp³-hybridized carbons (Fsp3) is 0.562. The second-order valence-electron chi connectivity index (χ2n) is 6.31. The topological polar surface area (TPSA) is 59.3 Å². The first-order valence-electron chi connectivity index (χ1n) is 7.92. The van der Waals surface area contributed by atoms with Crippen LogP contribution in [-0.4, -0.2) is 63.1 Å². The van der Waals surface area contributed by atoms with Crippen molar-refractivity contribution in [2.24, 2.45) is 7.05 Å². The van der Waals surface area contributed by atoms with Gasteiger partial charge in [-0.3, -0.25) is 9.88 Å². The molecule has 1 unspecified atom stereocenters. The van der Waals surface area contributed by atoms with Gasteiger partial charge < -0.3 is 9.64 Å². The van der Waals surface area contributed by atoms with E-state index in [0.717, 1.165) is 49.7 Å². The number of likely N-dealkylation sites (tertiary alicyclic amines) is 1. The molecule has 2 aromatic heterocycles. The first-order valence-corrected chi connectivity index (χ1v) is 7.92. The monoisotopic (exact) mass is 316 g/mol. The van der Waals surface area contributed by atoms with E-state index in [1.54, 1.807) is 4.80 Å². The van der Waals surface area contributed by atoms with Crippen LogP contribution < -0.4 is 4.74 Å². The van der Waals surface area contributed by atoms with Gasteiger partial charge in [0.1, 0.15) is 11.9 Å². The summed E-state index contributed by atoms with van der Waals surface area (Å²) in [6.45, 7) is 3.59. The minimum Gasteiger partial charge on any atom is -0.489 e. The Morgan fingerprint density at radius 2 is 2.22 bits per heavy atom. The van der Waals surface area contributed by atoms with Gasteiger partial charge in [-0.15, -0.1) is 0 Å². The highest BCUT2D eigenvalue weighted by Gasteiger charge is 2.24. The van der Waals surface area contributed by atoms with Crippen molar-refractivity contribution in [3.63, 3.8) is 0 Å². The lowest BCUT2D eigenvalue weighted by molar-refractivity contribution is 0.197. The van der Waals surface area contributed by atoms with Crippen molar-refractivity contribution in [1.29, 1.82) is 0 Å². The number of hydrogen-bond donors (Lipinski definition) is 0. The fourth-order valence-electron chi connectivity index (χ4n) is 2.86.